The molecule has 0 N–H and O–H groups in total. The number of carbonyl (C=O) groups is 2. The Morgan fingerprint density at radius 1 is 0.889 bits per heavy atom. The van der Waals surface area contributed by atoms with Crippen LogP contribution in [0.2, 0.25) is 0 Å². The summed E-state index contributed by atoms with van der Waals surface area (Å²) in [6.45, 7) is 4.00. The number of hydrogen-bond acceptors (Lipinski definition) is 5. The van der Waals surface area contributed by atoms with Gasteiger partial charge in [0.05, 0.1) is 11.4 Å². The van der Waals surface area contributed by atoms with E-state index in [1.54, 1.807) is 5.01 Å². The van der Waals surface area contributed by atoms with Crippen LogP contribution in [0.5, 0.6) is 0 Å². The number of amides is 2. The van der Waals surface area contributed by atoms with Gasteiger partial charge < -0.3 is 0 Å². The van der Waals surface area contributed by atoms with E-state index < -0.39 is 12.1 Å². The summed E-state index contributed by atoms with van der Waals surface area (Å²) in [5, 5.41) is 9.88. The van der Waals surface area contributed by atoms with Crippen molar-refractivity contribution in [2.75, 3.05) is 9.91 Å². The Hall–Kier alpha value is -3.02. The van der Waals surface area contributed by atoms with Gasteiger partial charge in [-0.2, -0.15) is 5.11 Å². The number of fused-ring (bicyclic) bond motifs is 2. The summed E-state index contributed by atoms with van der Waals surface area (Å²) in [6, 6.07) is 10.4. The normalized spacial score (nSPS) is 23.3. The van der Waals surface area contributed by atoms with E-state index in [4.69, 9.17) is 0 Å². The number of hydrogen-bond donors (Lipinski definition) is 0. The molecule has 0 radical (unpaired) electrons. The van der Waals surface area contributed by atoms with Crippen molar-refractivity contribution >= 4 is 23.2 Å². The standard InChI is InChI=1S/C21H20N4O2/c1-12-8-13(2)10-17(9-12)25-19-18(22-23-25)20(26)24(21(19)27)16-7-6-14-4-3-5-15(14)11-16/h6-11,18-19H,3-5H2,1-2H3/t18-,19-/m0/s1. The molecule has 2 aromatic rings. The van der Waals surface area contributed by atoms with Crippen LogP contribution in [0, 0.1) is 13.8 Å². The third-order valence-corrected chi connectivity index (χ3v) is 5.59. The second kappa shape index (κ2) is 5.74. The number of carbonyl (C=O) groups excluding carboxylic acids is 2. The van der Waals surface area contributed by atoms with Crippen molar-refractivity contribution in [3.63, 3.8) is 0 Å². The van der Waals surface area contributed by atoms with Gasteiger partial charge >= 0.3 is 0 Å². The molecular weight excluding hydrogens is 340 g/mol. The molecule has 0 bridgehead atoms. The van der Waals surface area contributed by atoms with Gasteiger partial charge in [-0.15, -0.1) is 0 Å². The number of nitrogens with zero attached hydrogens (tertiary/aromatic N) is 4. The zero-order valence-electron chi connectivity index (χ0n) is 15.3. The summed E-state index contributed by atoms with van der Waals surface area (Å²) in [6.07, 6.45) is 3.19. The first kappa shape index (κ1) is 16.2. The quantitative estimate of drug-likeness (QED) is 0.772. The molecule has 3 aliphatic rings. The average molecular weight is 360 g/mol. The Labute approximate surface area is 157 Å². The van der Waals surface area contributed by atoms with E-state index >= 15 is 0 Å². The molecule has 27 heavy (non-hydrogen) atoms. The van der Waals surface area contributed by atoms with Gasteiger partial charge in [-0.3, -0.25) is 9.59 Å². The van der Waals surface area contributed by atoms with Crippen LogP contribution < -0.4 is 9.91 Å². The first-order valence-electron chi connectivity index (χ1n) is 9.31. The number of imide groups is 1. The van der Waals surface area contributed by atoms with Crippen LogP contribution in [-0.4, -0.2) is 23.9 Å². The summed E-state index contributed by atoms with van der Waals surface area (Å²) < 4.78 is 0. The highest BCUT2D eigenvalue weighted by molar-refractivity contribution is 6.26. The minimum absolute atomic E-state index is 0.257. The molecule has 0 saturated carbocycles. The molecule has 1 aliphatic carbocycles. The van der Waals surface area contributed by atoms with Crippen molar-refractivity contribution in [1.82, 2.24) is 0 Å². The van der Waals surface area contributed by atoms with Gasteiger partial charge in [-0.1, -0.05) is 17.4 Å². The minimum Gasteiger partial charge on any atom is -0.271 e. The van der Waals surface area contributed by atoms with Crippen LogP contribution in [0.4, 0.5) is 11.4 Å². The molecule has 2 aromatic carbocycles. The zero-order chi connectivity index (χ0) is 18.7. The Bertz CT molecular complexity index is 993. The van der Waals surface area contributed by atoms with Gasteiger partial charge in [0.15, 0.2) is 12.1 Å². The Kier molecular flexibility index (Phi) is 3.44. The molecule has 2 atom stereocenters. The Morgan fingerprint density at radius 2 is 1.63 bits per heavy atom. The minimum atomic E-state index is -0.772. The van der Waals surface area contributed by atoms with Crippen molar-refractivity contribution in [3.8, 4) is 0 Å². The van der Waals surface area contributed by atoms with E-state index in [1.807, 2.05) is 44.2 Å². The molecule has 2 heterocycles. The summed E-state index contributed by atoms with van der Waals surface area (Å²) >= 11 is 0. The van der Waals surface area contributed by atoms with Crippen LogP contribution in [-0.2, 0) is 22.4 Å². The SMILES string of the molecule is Cc1cc(C)cc(N2N=N[C@@H]3C(=O)N(c4ccc5c(c4)CCC5)C(=O)[C@H]32)c1. The van der Waals surface area contributed by atoms with E-state index in [2.05, 4.69) is 16.4 Å². The molecule has 0 aromatic heterocycles. The van der Waals surface area contributed by atoms with Crippen molar-refractivity contribution in [3.05, 3.63) is 58.7 Å². The lowest BCUT2D eigenvalue weighted by atomic mass is 10.1. The first-order valence-corrected chi connectivity index (χ1v) is 9.31. The molecule has 0 spiro atoms. The Balaban J connectivity index is 1.51. The van der Waals surface area contributed by atoms with Gasteiger partial charge in [0, 0.05) is 0 Å². The summed E-state index contributed by atoms with van der Waals surface area (Å²) in [5.74, 6) is -0.550. The summed E-state index contributed by atoms with van der Waals surface area (Å²) in [4.78, 5) is 27.4. The molecule has 5 rings (SSSR count). The van der Waals surface area contributed by atoms with Crippen LogP contribution >= 0.6 is 0 Å². The van der Waals surface area contributed by atoms with Crippen LogP contribution in [0.15, 0.2) is 46.7 Å². The fourth-order valence-corrected chi connectivity index (χ4v) is 4.41. The molecule has 1 saturated heterocycles. The van der Waals surface area contributed by atoms with E-state index in [0.717, 1.165) is 36.1 Å². The van der Waals surface area contributed by atoms with Gasteiger partial charge in [-0.05, 0) is 79.6 Å². The lowest BCUT2D eigenvalue weighted by Crippen LogP contribution is -2.40. The topological polar surface area (TPSA) is 65.3 Å². The second-order valence-electron chi connectivity index (χ2n) is 7.60. The highest BCUT2D eigenvalue weighted by Gasteiger charge is 2.55. The Morgan fingerprint density at radius 3 is 2.41 bits per heavy atom. The molecular formula is C21H20N4O2. The van der Waals surface area contributed by atoms with E-state index in [-0.39, 0.29) is 11.8 Å². The van der Waals surface area contributed by atoms with Crippen LogP contribution in [0.25, 0.3) is 0 Å². The third kappa shape index (κ3) is 2.40. The predicted octanol–water partition coefficient (Wildman–Crippen LogP) is 3.29. The first-order chi connectivity index (χ1) is 13.0. The predicted molar refractivity (Wildman–Crippen MR) is 102 cm³/mol. The van der Waals surface area contributed by atoms with Crippen molar-refractivity contribution < 1.29 is 9.59 Å². The third-order valence-electron chi connectivity index (χ3n) is 5.59. The second-order valence-corrected chi connectivity index (χ2v) is 7.60. The number of aryl methyl sites for hydroxylation is 4. The number of anilines is 2. The molecule has 136 valence electrons. The van der Waals surface area contributed by atoms with Gasteiger partial charge in [-0.25, -0.2) is 9.91 Å². The van der Waals surface area contributed by atoms with Crippen molar-refractivity contribution in [2.45, 2.75) is 45.2 Å². The average Bonchev–Trinajstić information content (AvgIpc) is 3.31. The van der Waals surface area contributed by atoms with Gasteiger partial charge in [0.2, 0.25) is 0 Å². The van der Waals surface area contributed by atoms with Crippen molar-refractivity contribution in [2.24, 2.45) is 10.3 Å². The van der Waals surface area contributed by atoms with Crippen LogP contribution in [0.3, 0.4) is 0 Å². The smallest absolute Gasteiger partial charge is 0.263 e. The molecule has 0 unspecified atom stereocenters. The number of rotatable bonds is 2. The van der Waals surface area contributed by atoms with Crippen LogP contribution in [0.1, 0.15) is 28.7 Å². The summed E-state index contributed by atoms with van der Waals surface area (Å²) in [7, 11) is 0. The van der Waals surface area contributed by atoms with E-state index in [9.17, 15) is 9.59 Å². The molecule has 2 amide bonds. The largest absolute Gasteiger partial charge is 0.271 e. The number of benzene rings is 2. The highest BCUT2D eigenvalue weighted by Crippen LogP contribution is 2.36. The van der Waals surface area contributed by atoms with E-state index in [0.29, 0.717) is 5.69 Å². The fourth-order valence-electron chi connectivity index (χ4n) is 4.41. The maximum absolute atomic E-state index is 13.2. The lowest BCUT2D eigenvalue weighted by molar-refractivity contribution is -0.121. The van der Waals surface area contributed by atoms with Gasteiger partial charge in [0.25, 0.3) is 11.8 Å². The monoisotopic (exact) mass is 360 g/mol. The highest BCUT2D eigenvalue weighted by atomic mass is 16.2. The molecule has 6 nitrogen and oxygen atoms in total. The van der Waals surface area contributed by atoms with Crippen molar-refractivity contribution in [1.29, 1.82) is 0 Å². The molecule has 2 aliphatic heterocycles. The van der Waals surface area contributed by atoms with Gasteiger partial charge in [0.1, 0.15) is 0 Å². The molecule has 1 fully saturated rings. The molecule has 6 heteroatoms. The maximum atomic E-state index is 13.2. The van der Waals surface area contributed by atoms with E-state index in [1.165, 1.54) is 16.0 Å². The fraction of sp³-hybridized carbons (Fsp3) is 0.333. The summed E-state index contributed by atoms with van der Waals surface area (Å²) in [5.41, 5.74) is 6.15. The maximum Gasteiger partial charge on any atom is 0.263 e. The lowest BCUT2D eigenvalue weighted by Gasteiger charge is -2.21. The zero-order valence-corrected chi connectivity index (χ0v) is 15.3.